The Kier molecular flexibility index (Phi) is 8.22. The number of methoxy groups -OCH3 is 2. The molecular formula is C20H28N2O4. The maximum absolute atomic E-state index is 10.7. The van der Waals surface area contributed by atoms with Gasteiger partial charge in [-0.3, -0.25) is 10.1 Å². The summed E-state index contributed by atoms with van der Waals surface area (Å²) in [6.45, 7) is 8.65. The van der Waals surface area contributed by atoms with Crippen molar-refractivity contribution < 1.29 is 14.4 Å². The van der Waals surface area contributed by atoms with Gasteiger partial charge < -0.3 is 15.2 Å². The van der Waals surface area contributed by atoms with Crippen LogP contribution in [0.5, 0.6) is 0 Å². The number of nitrogens with zero attached hydrogens (tertiary/aromatic N) is 1. The Morgan fingerprint density at radius 3 is 1.50 bits per heavy atom. The van der Waals surface area contributed by atoms with Crippen molar-refractivity contribution in [3.8, 4) is 0 Å². The fraction of sp³-hybridized carbons (Fsp3) is 0.400. The van der Waals surface area contributed by atoms with E-state index >= 15 is 0 Å². The van der Waals surface area contributed by atoms with Crippen LogP contribution in [0.4, 0.5) is 11.4 Å². The largest absolute Gasteiger partial charge is 0.398 e. The van der Waals surface area contributed by atoms with Crippen molar-refractivity contribution in [3.05, 3.63) is 67.8 Å². The second-order valence-electron chi connectivity index (χ2n) is 6.34. The predicted molar refractivity (Wildman–Crippen MR) is 104 cm³/mol. The molecule has 0 saturated heterocycles. The third-order valence-electron chi connectivity index (χ3n) is 4.01. The molecule has 0 bridgehead atoms. The lowest BCUT2D eigenvalue weighted by Crippen LogP contribution is -1.98. The molecule has 142 valence electrons. The molecule has 6 heteroatoms. The lowest BCUT2D eigenvalue weighted by molar-refractivity contribution is -0.386. The van der Waals surface area contributed by atoms with Crippen molar-refractivity contribution in [2.75, 3.05) is 20.0 Å². The summed E-state index contributed by atoms with van der Waals surface area (Å²) in [6, 6.07) is 7.70. The smallest absolute Gasteiger partial charge is 0.275 e. The first kappa shape index (κ1) is 21.6. The average molecular weight is 360 g/mol. The van der Waals surface area contributed by atoms with Crippen LogP contribution in [0.1, 0.15) is 33.4 Å². The molecule has 0 unspecified atom stereocenters. The fourth-order valence-corrected chi connectivity index (χ4v) is 2.90. The van der Waals surface area contributed by atoms with Crippen molar-refractivity contribution in [1.82, 2.24) is 0 Å². The van der Waals surface area contributed by atoms with Gasteiger partial charge in [0.25, 0.3) is 5.69 Å². The van der Waals surface area contributed by atoms with Gasteiger partial charge in [0.1, 0.15) is 0 Å². The topological polar surface area (TPSA) is 87.6 Å². The molecule has 0 aliphatic carbocycles. The minimum absolute atomic E-state index is 0.199. The molecule has 0 radical (unpaired) electrons. The van der Waals surface area contributed by atoms with Gasteiger partial charge in [-0.15, -0.1) is 0 Å². The summed E-state index contributed by atoms with van der Waals surface area (Å²) in [5.41, 5.74) is 12.7. The predicted octanol–water partition coefficient (Wildman–Crippen LogP) is 4.39. The Morgan fingerprint density at radius 2 is 1.19 bits per heavy atom. The zero-order valence-electron chi connectivity index (χ0n) is 16.4. The van der Waals surface area contributed by atoms with Gasteiger partial charge in [0.15, 0.2) is 0 Å². The van der Waals surface area contributed by atoms with Crippen LogP contribution in [0.3, 0.4) is 0 Å². The van der Waals surface area contributed by atoms with E-state index < -0.39 is 0 Å². The van der Waals surface area contributed by atoms with Gasteiger partial charge in [0.05, 0.1) is 18.1 Å². The quantitative estimate of drug-likeness (QED) is 0.485. The van der Waals surface area contributed by atoms with E-state index in [2.05, 4.69) is 12.1 Å². The number of ether oxygens (including phenoxy) is 2. The Morgan fingerprint density at radius 1 is 0.846 bits per heavy atom. The molecule has 2 rings (SSSR count). The first-order valence-corrected chi connectivity index (χ1v) is 8.29. The van der Waals surface area contributed by atoms with Crippen LogP contribution in [0.2, 0.25) is 0 Å². The maximum atomic E-state index is 10.7. The van der Waals surface area contributed by atoms with Crippen LogP contribution in [0.15, 0.2) is 24.3 Å². The van der Waals surface area contributed by atoms with Crippen LogP contribution >= 0.6 is 0 Å². The minimum Gasteiger partial charge on any atom is -0.398 e. The SMILES string of the molecule is COCc1cc(C)c(N)c(C)c1.COCc1cc(C)c([N+](=O)[O-])c(C)c1. The average Bonchev–Trinajstić information content (AvgIpc) is 2.52. The summed E-state index contributed by atoms with van der Waals surface area (Å²) < 4.78 is 10.0. The van der Waals surface area contributed by atoms with Gasteiger partial charge >= 0.3 is 0 Å². The lowest BCUT2D eigenvalue weighted by atomic mass is 10.1. The Balaban J connectivity index is 0.000000263. The molecule has 0 amide bonds. The number of anilines is 1. The summed E-state index contributed by atoms with van der Waals surface area (Å²) in [7, 11) is 3.30. The molecule has 0 aliphatic heterocycles. The van der Waals surface area contributed by atoms with Crippen LogP contribution < -0.4 is 5.73 Å². The van der Waals surface area contributed by atoms with Crippen molar-refractivity contribution >= 4 is 11.4 Å². The number of hydrogen-bond donors (Lipinski definition) is 1. The van der Waals surface area contributed by atoms with Gasteiger partial charge in [-0.25, -0.2) is 0 Å². The summed E-state index contributed by atoms with van der Waals surface area (Å²) in [6.07, 6.45) is 0. The summed E-state index contributed by atoms with van der Waals surface area (Å²) in [4.78, 5) is 10.3. The molecule has 0 atom stereocenters. The highest BCUT2D eigenvalue weighted by Crippen LogP contribution is 2.24. The van der Waals surface area contributed by atoms with E-state index in [9.17, 15) is 10.1 Å². The first-order valence-electron chi connectivity index (χ1n) is 8.29. The molecular weight excluding hydrogens is 332 g/mol. The van der Waals surface area contributed by atoms with Crippen molar-refractivity contribution in [1.29, 1.82) is 0 Å². The molecule has 0 heterocycles. The summed E-state index contributed by atoms with van der Waals surface area (Å²) in [5.74, 6) is 0. The molecule has 26 heavy (non-hydrogen) atoms. The number of rotatable bonds is 5. The summed E-state index contributed by atoms with van der Waals surface area (Å²) >= 11 is 0. The van der Waals surface area contributed by atoms with E-state index in [1.54, 1.807) is 40.2 Å². The van der Waals surface area contributed by atoms with Gasteiger partial charge in [-0.2, -0.15) is 0 Å². The highest BCUT2D eigenvalue weighted by atomic mass is 16.6. The normalized spacial score (nSPS) is 10.2. The van der Waals surface area contributed by atoms with E-state index in [0.717, 1.165) is 22.4 Å². The highest BCUT2D eigenvalue weighted by molar-refractivity contribution is 5.54. The van der Waals surface area contributed by atoms with E-state index in [1.807, 2.05) is 13.8 Å². The standard InChI is InChI=1S/C10H13NO3.C10H15NO/c1-7-4-9(6-14-3)5-8(2)10(7)11(12)13;1-7-4-9(6-12-3)5-8(2)10(7)11/h4-5H,6H2,1-3H3;4-5H,6,11H2,1-3H3. The number of nitrogen functional groups attached to an aromatic ring is 1. The molecule has 2 aromatic carbocycles. The van der Waals surface area contributed by atoms with Crippen molar-refractivity contribution in [2.45, 2.75) is 40.9 Å². The highest BCUT2D eigenvalue weighted by Gasteiger charge is 2.14. The van der Waals surface area contributed by atoms with Gasteiger partial charge in [-0.1, -0.05) is 12.1 Å². The lowest BCUT2D eigenvalue weighted by Gasteiger charge is -2.07. The molecule has 6 nitrogen and oxygen atoms in total. The number of nitrogens with two attached hydrogens (primary N) is 1. The number of nitro groups is 1. The zero-order chi connectivity index (χ0) is 19.9. The van der Waals surface area contributed by atoms with Crippen LogP contribution in [-0.2, 0) is 22.7 Å². The fourth-order valence-electron chi connectivity index (χ4n) is 2.90. The van der Waals surface area contributed by atoms with Gasteiger partial charge in [-0.05, 0) is 62.1 Å². The van der Waals surface area contributed by atoms with Gasteiger partial charge in [0, 0.05) is 31.0 Å². The Bertz CT molecular complexity index is 726. The van der Waals surface area contributed by atoms with Gasteiger partial charge in [0.2, 0.25) is 0 Å². The second-order valence-corrected chi connectivity index (χ2v) is 6.34. The summed E-state index contributed by atoms with van der Waals surface area (Å²) in [5, 5.41) is 10.7. The third-order valence-corrected chi connectivity index (χ3v) is 4.01. The molecule has 0 aromatic heterocycles. The number of benzene rings is 2. The van der Waals surface area contributed by atoms with Crippen LogP contribution in [-0.4, -0.2) is 19.1 Å². The molecule has 2 aromatic rings. The van der Waals surface area contributed by atoms with E-state index in [-0.39, 0.29) is 10.6 Å². The Hall–Kier alpha value is -2.44. The number of aryl methyl sites for hydroxylation is 4. The first-order chi connectivity index (χ1) is 12.2. The monoisotopic (exact) mass is 360 g/mol. The van der Waals surface area contributed by atoms with Crippen molar-refractivity contribution in [2.24, 2.45) is 0 Å². The second kappa shape index (κ2) is 9.89. The van der Waals surface area contributed by atoms with E-state index in [0.29, 0.717) is 24.3 Å². The van der Waals surface area contributed by atoms with Crippen molar-refractivity contribution in [3.63, 3.8) is 0 Å². The minimum atomic E-state index is -0.346. The number of nitro benzene ring substituents is 1. The molecule has 0 fully saturated rings. The Labute approximate surface area is 155 Å². The van der Waals surface area contributed by atoms with E-state index in [1.165, 1.54) is 5.56 Å². The third kappa shape index (κ3) is 5.82. The molecule has 0 saturated carbocycles. The number of hydrogen-bond acceptors (Lipinski definition) is 5. The zero-order valence-corrected chi connectivity index (χ0v) is 16.4. The maximum Gasteiger partial charge on any atom is 0.275 e. The molecule has 0 aliphatic rings. The van der Waals surface area contributed by atoms with Crippen LogP contribution in [0, 0.1) is 37.8 Å². The van der Waals surface area contributed by atoms with Crippen LogP contribution in [0.25, 0.3) is 0 Å². The molecule has 0 spiro atoms. The van der Waals surface area contributed by atoms with E-state index in [4.69, 9.17) is 15.2 Å². The molecule has 2 N–H and O–H groups in total.